The molecule has 1 heterocycles. The van der Waals surface area contributed by atoms with E-state index in [1.165, 1.54) is 16.7 Å². The van der Waals surface area contributed by atoms with Gasteiger partial charge in [0.2, 0.25) is 0 Å². The maximum Gasteiger partial charge on any atom is 0.193 e. The van der Waals surface area contributed by atoms with Crippen molar-refractivity contribution in [2.24, 2.45) is 10.7 Å². The van der Waals surface area contributed by atoms with Crippen molar-refractivity contribution in [3.8, 4) is 11.1 Å². The van der Waals surface area contributed by atoms with E-state index in [9.17, 15) is 0 Å². The van der Waals surface area contributed by atoms with E-state index < -0.39 is 0 Å². The van der Waals surface area contributed by atoms with Gasteiger partial charge < -0.3 is 11.1 Å². The Balaban J connectivity index is 0.00000289. The molecule has 3 aromatic carbocycles. The van der Waals surface area contributed by atoms with E-state index in [2.05, 4.69) is 82.8 Å². The summed E-state index contributed by atoms with van der Waals surface area (Å²) in [5.74, 6) is 0.404. The van der Waals surface area contributed by atoms with Crippen molar-refractivity contribution in [2.45, 2.75) is 26.9 Å². The number of aromatic nitrogens is 3. The fraction of sp³-hybridized carbons (Fsp3) is 0.160. The number of nitrogens with two attached hydrogens (primary N) is 1. The highest BCUT2D eigenvalue weighted by atomic mass is 127. The van der Waals surface area contributed by atoms with Crippen LogP contribution in [-0.4, -0.2) is 20.7 Å². The molecule has 1 aromatic heterocycles. The summed E-state index contributed by atoms with van der Waals surface area (Å²) in [6.45, 7) is 5.38. The Morgan fingerprint density at radius 3 is 2.50 bits per heavy atom. The lowest BCUT2D eigenvalue weighted by Crippen LogP contribution is -2.22. The van der Waals surface area contributed by atoms with Crippen LogP contribution in [0.1, 0.15) is 22.3 Å². The van der Waals surface area contributed by atoms with Crippen LogP contribution in [0, 0.1) is 13.8 Å². The fourth-order valence-electron chi connectivity index (χ4n) is 3.41. The van der Waals surface area contributed by atoms with Gasteiger partial charge in [-0.1, -0.05) is 54.6 Å². The van der Waals surface area contributed by atoms with E-state index in [0.29, 0.717) is 19.0 Å². The van der Waals surface area contributed by atoms with E-state index in [0.717, 1.165) is 22.4 Å². The predicted molar refractivity (Wildman–Crippen MR) is 141 cm³/mol. The second kappa shape index (κ2) is 10.9. The number of nitrogens with one attached hydrogen (secondary N) is 1. The van der Waals surface area contributed by atoms with Gasteiger partial charge in [-0.2, -0.15) is 5.10 Å². The normalized spacial score (nSPS) is 11.1. The average molecular weight is 538 g/mol. The highest BCUT2D eigenvalue weighted by Crippen LogP contribution is 2.25. The molecule has 0 bridgehead atoms. The Bertz CT molecular complexity index is 1180. The number of hydrogen-bond donors (Lipinski definition) is 2. The number of guanidine groups is 1. The second-order valence-electron chi connectivity index (χ2n) is 7.57. The minimum absolute atomic E-state index is 0. The molecule has 0 aliphatic heterocycles. The Morgan fingerprint density at radius 2 is 1.78 bits per heavy atom. The summed E-state index contributed by atoms with van der Waals surface area (Å²) in [7, 11) is 0. The van der Waals surface area contributed by atoms with Gasteiger partial charge in [0.1, 0.15) is 12.7 Å². The summed E-state index contributed by atoms with van der Waals surface area (Å²) in [6, 6.07) is 22.9. The third-order valence-electron chi connectivity index (χ3n) is 5.29. The van der Waals surface area contributed by atoms with Gasteiger partial charge in [-0.3, -0.25) is 0 Å². The van der Waals surface area contributed by atoms with Crippen molar-refractivity contribution in [2.75, 3.05) is 5.32 Å². The topological polar surface area (TPSA) is 81.1 Å². The molecule has 164 valence electrons. The van der Waals surface area contributed by atoms with Crippen molar-refractivity contribution >= 4 is 35.6 Å². The molecule has 32 heavy (non-hydrogen) atoms. The zero-order valence-corrected chi connectivity index (χ0v) is 20.5. The highest BCUT2D eigenvalue weighted by molar-refractivity contribution is 14.0. The smallest absolute Gasteiger partial charge is 0.193 e. The summed E-state index contributed by atoms with van der Waals surface area (Å²) in [5, 5.41) is 7.34. The van der Waals surface area contributed by atoms with Crippen LogP contribution in [0.3, 0.4) is 0 Å². The monoisotopic (exact) mass is 538 g/mol. The zero-order valence-electron chi connectivity index (χ0n) is 18.2. The zero-order chi connectivity index (χ0) is 21.6. The van der Waals surface area contributed by atoms with Gasteiger partial charge in [-0.05, 0) is 59.4 Å². The summed E-state index contributed by atoms with van der Waals surface area (Å²) in [6.07, 6.45) is 3.27. The lowest BCUT2D eigenvalue weighted by atomic mass is 9.98. The average Bonchev–Trinajstić information content (AvgIpc) is 3.29. The van der Waals surface area contributed by atoms with E-state index in [-0.39, 0.29) is 24.0 Å². The van der Waals surface area contributed by atoms with E-state index in [4.69, 9.17) is 5.73 Å². The third kappa shape index (κ3) is 5.94. The largest absolute Gasteiger partial charge is 0.370 e. The first kappa shape index (κ1) is 23.5. The molecule has 0 radical (unpaired) electrons. The van der Waals surface area contributed by atoms with Crippen molar-refractivity contribution in [3.05, 3.63) is 102 Å². The molecule has 7 heteroatoms. The van der Waals surface area contributed by atoms with Crippen LogP contribution < -0.4 is 11.1 Å². The number of nitrogens with zero attached hydrogens (tertiary/aromatic N) is 4. The van der Waals surface area contributed by atoms with Crippen LogP contribution in [0.2, 0.25) is 0 Å². The molecule has 0 amide bonds. The molecule has 0 atom stereocenters. The van der Waals surface area contributed by atoms with Gasteiger partial charge in [0, 0.05) is 5.69 Å². The number of rotatable bonds is 6. The molecular formula is C25H27IN6. The molecule has 4 aromatic rings. The first-order chi connectivity index (χ1) is 15.1. The van der Waals surface area contributed by atoms with Gasteiger partial charge in [0.15, 0.2) is 5.96 Å². The number of aliphatic imine (C=N–C) groups is 1. The minimum atomic E-state index is 0. The maximum atomic E-state index is 6.14. The molecule has 0 aliphatic rings. The SMILES string of the molecule is Cc1ccc(NC(N)=NCc2ccccc2-c2ccc(Cn3cncn3)cc2)cc1C.I. The summed E-state index contributed by atoms with van der Waals surface area (Å²) in [5.41, 5.74) is 14.1. The van der Waals surface area contributed by atoms with E-state index in [1.807, 2.05) is 22.9 Å². The standard InChI is InChI=1S/C25H26N6.HI/c1-18-7-12-23(13-19(18)2)30-25(26)28-14-22-5-3-4-6-24(22)21-10-8-20(9-11-21)15-31-17-27-16-29-31;/h3-13,16-17H,14-15H2,1-2H3,(H3,26,28,30);1H. The first-order valence-electron chi connectivity index (χ1n) is 10.2. The Kier molecular flexibility index (Phi) is 7.99. The molecule has 0 unspecified atom stereocenters. The van der Waals surface area contributed by atoms with Crippen LogP contribution in [0.25, 0.3) is 11.1 Å². The third-order valence-corrected chi connectivity index (χ3v) is 5.29. The lowest BCUT2D eigenvalue weighted by Gasteiger charge is -2.11. The fourth-order valence-corrected chi connectivity index (χ4v) is 3.41. The molecule has 4 rings (SSSR count). The summed E-state index contributed by atoms with van der Waals surface area (Å²) < 4.78 is 1.81. The first-order valence-corrected chi connectivity index (χ1v) is 10.2. The van der Waals surface area contributed by atoms with Gasteiger partial charge in [0.25, 0.3) is 0 Å². The van der Waals surface area contributed by atoms with Gasteiger partial charge in [-0.15, -0.1) is 24.0 Å². The van der Waals surface area contributed by atoms with Crippen LogP contribution in [-0.2, 0) is 13.1 Å². The number of hydrogen-bond acceptors (Lipinski definition) is 3. The molecule has 6 nitrogen and oxygen atoms in total. The molecule has 3 N–H and O–H groups in total. The van der Waals surface area contributed by atoms with Crippen LogP contribution in [0.15, 0.2) is 84.4 Å². The number of aryl methyl sites for hydroxylation is 2. The van der Waals surface area contributed by atoms with E-state index in [1.54, 1.807) is 12.7 Å². The molecular weight excluding hydrogens is 511 g/mol. The number of anilines is 1. The van der Waals surface area contributed by atoms with Crippen molar-refractivity contribution < 1.29 is 0 Å². The molecule has 0 saturated heterocycles. The van der Waals surface area contributed by atoms with Crippen molar-refractivity contribution in [3.63, 3.8) is 0 Å². The van der Waals surface area contributed by atoms with Gasteiger partial charge in [0.05, 0.1) is 13.1 Å². The molecule has 0 saturated carbocycles. The predicted octanol–water partition coefficient (Wildman–Crippen LogP) is 5.16. The maximum absolute atomic E-state index is 6.14. The number of halogens is 1. The Labute approximate surface area is 205 Å². The lowest BCUT2D eigenvalue weighted by molar-refractivity contribution is 0.685. The Morgan fingerprint density at radius 1 is 1.00 bits per heavy atom. The van der Waals surface area contributed by atoms with Crippen LogP contribution in [0.5, 0.6) is 0 Å². The highest BCUT2D eigenvalue weighted by Gasteiger charge is 2.06. The molecule has 0 fully saturated rings. The van der Waals surface area contributed by atoms with Crippen LogP contribution >= 0.6 is 24.0 Å². The molecule has 0 spiro atoms. The minimum Gasteiger partial charge on any atom is -0.370 e. The number of benzene rings is 3. The summed E-state index contributed by atoms with van der Waals surface area (Å²) in [4.78, 5) is 8.55. The summed E-state index contributed by atoms with van der Waals surface area (Å²) >= 11 is 0. The van der Waals surface area contributed by atoms with Crippen LogP contribution in [0.4, 0.5) is 5.69 Å². The van der Waals surface area contributed by atoms with Gasteiger partial charge in [-0.25, -0.2) is 14.7 Å². The molecule has 0 aliphatic carbocycles. The van der Waals surface area contributed by atoms with Gasteiger partial charge >= 0.3 is 0 Å². The van der Waals surface area contributed by atoms with E-state index >= 15 is 0 Å². The quantitative estimate of drug-likeness (QED) is 0.202. The van der Waals surface area contributed by atoms with Crippen molar-refractivity contribution in [1.82, 2.24) is 14.8 Å². The van der Waals surface area contributed by atoms with Crippen molar-refractivity contribution in [1.29, 1.82) is 0 Å². The second-order valence-corrected chi connectivity index (χ2v) is 7.57. The Hall–Kier alpha value is -3.20.